The monoisotopic (exact) mass is 311 g/mol. The maximum absolute atomic E-state index is 5.29. The zero-order valence-electron chi connectivity index (χ0n) is 11.2. The summed E-state index contributed by atoms with van der Waals surface area (Å²) in [5.41, 5.74) is 1.74. The standard InChI is InChI=1S/C15H22BrNO/c1-15(8-10-18-2)7-9-17-11-13(15)12-5-3-4-6-14(12)16/h3-6,13,17H,7-11H2,1-2H3. The Hall–Kier alpha value is -0.380. The van der Waals surface area contributed by atoms with E-state index < -0.39 is 0 Å². The predicted octanol–water partition coefficient (Wildman–Crippen LogP) is 3.57. The first-order valence-electron chi connectivity index (χ1n) is 6.61. The van der Waals surface area contributed by atoms with Gasteiger partial charge >= 0.3 is 0 Å². The molecule has 1 aliphatic heterocycles. The van der Waals surface area contributed by atoms with Crippen LogP contribution in [0.4, 0.5) is 0 Å². The smallest absolute Gasteiger partial charge is 0.0467 e. The van der Waals surface area contributed by atoms with Crippen molar-refractivity contribution in [3.8, 4) is 0 Å². The van der Waals surface area contributed by atoms with Crippen LogP contribution in [0.1, 0.15) is 31.2 Å². The van der Waals surface area contributed by atoms with E-state index in [0.29, 0.717) is 11.3 Å². The maximum Gasteiger partial charge on any atom is 0.0467 e. The van der Waals surface area contributed by atoms with Gasteiger partial charge in [0, 0.05) is 30.7 Å². The molecule has 1 aliphatic rings. The molecular weight excluding hydrogens is 290 g/mol. The summed E-state index contributed by atoms with van der Waals surface area (Å²) >= 11 is 3.69. The van der Waals surface area contributed by atoms with Crippen molar-refractivity contribution in [2.24, 2.45) is 5.41 Å². The molecule has 1 N–H and O–H groups in total. The summed E-state index contributed by atoms with van der Waals surface area (Å²) in [5, 5.41) is 3.53. The lowest BCUT2D eigenvalue weighted by atomic mass is 9.67. The highest BCUT2D eigenvalue weighted by molar-refractivity contribution is 9.10. The first-order valence-corrected chi connectivity index (χ1v) is 7.41. The Morgan fingerprint density at radius 1 is 1.44 bits per heavy atom. The van der Waals surface area contributed by atoms with Crippen LogP contribution in [-0.4, -0.2) is 26.8 Å². The van der Waals surface area contributed by atoms with Crippen molar-refractivity contribution in [2.45, 2.75) is 25.7 Å². The van der Waals surface area contributed by atoms with E-state index in [9.17, 15) is 0 Å². The number of rotatable bonds is 4. The fourth-order valence-electron chi connectivity index (χ4n) is 2.92. The number of methoxy groups -OCH3 is 1. The summed E-state index contributed by atoms with van der Waals surface area (Å²) in [6.45, 7) is 5.42. The van der Waals surface area contributed by atoms with Gasteiger partial charge in [-0.3, -0.25) is 0 Å². The Bertz CT molecular complexity index is 396. The molecule has 2 atom stereocenters. The third-order valence-electron chi connectivity index (χ3n) is 4.22. The molecule has 2 rings (SSSR count). The Balaban J connectivity index is 2.25. The molecule has 18 heavy (non-hydrogen) atoms. The van der Waals surface area contributed by atoms with Gasteiger partial charge in [-0.25, -0.2) is 0 Å². The molecule has 0 amide bonds. The summed E-state index contributed by atoms with van der Waals surface area (Å²) < 4.78 is 6.52. The van der Waals surface area contributed by atoms with E-state index in [1.807, 2.05) is 0 Å². The van der Waals surface area contributed by atoms with Gasteiger partial charge in [-0.2, -0.15) is 0 Å². The summed E-state index contributed by atoms with van der Waals surface area (Å²) in [5.74, 6) is 0.553. The highest BCUT2D eigenvalue weighted by Gasteiger charge is 2.37. The Labute approximate surface area is 118 Å². The molecule has 0 bridgehead atoms. The average molecular weight is 312 g/mol. The number of benzene rings is 1. The highest BCUT2D eigenvalue weighted by Crippen LogP contribution is 2.45. The minimum absolute atomic E-state index is 0.325. The Morgan fingerprint density at radius 2 is 2.22 bits per heavy atom. The van der Waals surface area contributed by atoms with E-state index in [1.165, 1.54) is 16.5 Å². The minimum Gasteiger partial charge on any atom is -0.385 e. The molecule has 0 aromatic heterocycles. The van der Waals surface area contributed by atoms with E-state index >= 15 is 0 Å². The van der Waals surface area contributed by atoms with Crippen LogP contribution in [0.5, 0.6) is 0 Å². The van der Waals surface area contributed by atoms with Crippen LogP contribution in [-0.2, 0) is 4.74 Å². The Morgan fingerprint density at radius 3 is 2.94 bits per heavy atom. The molecule has 3 heteroatoms. The fraction of sp³-hybridized carbons (Fsp3) is 0.600. The third-order valence-corrected chi connectivity index (χ3v) is 4.94. The lowest BCUT2D eigenvalue weighted by Crippen LogP contribution is -2.42. The second kappa shape index (κ2) is 6.18. The van der Waals surface area contributed by atoms with Crippen molar-refractivity contribution >= 4 is 15.9 Å². The average Bonchev–Trinajstić information content (AvgIpc) is 2.38. The number of ether oxygens (including phenoxy) is 1. The second-order valence-electron chi connectivity index (χ2n) is 5.43. The predicted molar refractivity (Wildman–Crippen MR) is 79.0 cm³/mol. The third kappa shape index (κ3) is 2.95. The van der Waals surface area contributed by atoms with Crippen molar-refractivity contribution in [3.05, 3.63) is 34.3 Å². The first kappa shape index (κ1) is 14.0. The normalized spacial score (nSPS) is 28.3. The number of halogens is 1. The van der Waals surface area contributed by atoms with Crippen molar-refractivity contribution < 1.29 is 4.74 Å². The van der Waals surface area contributed by atoms with Crippen molar-refractivity contribution in [3.63, 3.8) is 0 Å². The lowest BCUT2D eigenvalue weighted by Gasteiger charge is -2.42. The van der Waals surface area contributed by atoms with Gasteiger partial charge in [0.1, 0.15) is 0 Å². The van der Waals surface area contributed by atoms with Gasteiger partial charge in [-0.1, -0.05) is 41.1 Å². The van der Waals surface area contributed by atoms with E-state index in [-0.39, 0.29) is 0 Å². The van der Waals surface area contributed by atoms with Crippen LogP contribution in [0.3, 0.4) is 0 Å². The number of piperidine rings is 1. The van der Waals surface area contributed by atoms with Crippen LogP contribution in [0.15, 0.2) is 28.7 Å². The number of hydrogen-bond donors (Lipinski definition) is 1. The van der Waals surface area contributed by atoms with Crippen LogP contribution < -0.4 is 5.32 Å². The van der Waals surface area contributed by atoms with E-state index in [1.54, 1.807) is 7.11 Å². The summed E-state index contributed by atoms with van der Waals surface area (Å²) in [7, 11) is 1.79. The summed E-state index contributed by atoms with van der Waals surface area (Å²) in [4.78, 5) is 0. The van der Waals surface area contributed by atoms with Crippen LogP contribution >= 0.6 is 15.9 Å². The molecule has 100 valence electrons. The molecule has 0 aliphatic carbocycles. The number of hydrogen-bond acceptors (Lipinski definition) is 2. The van der Waals surface area contributed by atoms with Gasteiger partial charge in [0.15, 0.2) is 0 Å². The molecule has 0 radical (unpaired) electrons. The quantitative estimate of drug-likeness (QED) is 0.918. The molecule has 1 heterocycles. The zero-order chi connectivity index (χ0) is 13.0. The molecule has 1 aromatic rings. The Kier molecular flexibility index (Phi) is 4.82. The zero-order valence-corrected chi connectivity index (χ0v) is 12.8. The molecule has 0 spiro atoms. The second-order valence-corrected chi connectivity index (χ2v) is 6.28. The van der Waals surface area contributed by atoms with Crippen LogP contribution in [0.25, 0.3) is 0 Å². The van der Waals surface area contributed by atoms with E-state index in [0.717, 1.165) is 26.1 Å². The summed E-state index contributed by atoms with van der Waals surface area (Å²) in [6, 6.07) is 8.59. The van der Waals surface area contributed by atoms with Crippen LogP contribution in [0, 0.1) is 5.41 Å². The highest BCUT2D eigenvalue weighted by atomic mass is 79.9. The van der Waals surface area contributed by atoms with Gasteiger partial charge < -0.3 is 10.1 Å². The molecule has 2 unspecified atom stereocenters. The SMILES string of the molecule is COCCC1(C)CCNCC1c1ccccc1Br. The molecular formula is C15H22BrNO. The largest absolute Gasteiger partial charge is 0.385 e. The van der Waals surface area contributed by atoms with Gasteiger partial charge in [0.2, 0.25) is 0 Å². The van der Waals surface area contributed by atoms with E-state index in [2.05, 4.69) is 52.4 Å². The summed E-state index contributed by atoms with van der Waals surface area (Å²) in [6.07, 6.45) is 2.33. The molecule has 2 nitrogen and oxygen atoms in total. The molecule has 1 aromatic carbocycles. The topological polar surface area (TPSA) is 21.3 Å². The molecule has 0 saturated carbocycles. The van der Waals surface area contributed by atoms with Gasteiger partial charge in [-0.05, 0) is 36.4 Å². The fourth-order valence-corrected chi connectivity index (χ4v) is 3.48. The van der Waals surface area contributed by atoms with Gasteiger partial charge in [0.25, 0.3) is 0 Å². The maximum atomic E-state index is 5.29. The first-order chi connectivity index (χ1) is 8.67. The van der Waals surface area contributed by atoms with E-state index in [4.69, 9.17) is 4.74 Å². The van der Waals surface area contributed by atoms with Gasteiger partial charge in [-0.15, -0.1) is 0 Å². The molecule has 1 fully saturated rings. The van der Waals surface area contributed by atoms with Crippen LogP contribution in [0.2, 0.25) is 0 Å². The number of nitrogens with one attached hydrogen (secondary N) is 1. The molecule has 1 saturated heterocycles. The van der Waals surface area contributed by atoms with Gasteiger partial charge in [0.05, 0.1) is 0 Å². The van der Waals surface area contributed by atoms with Crippen molar-refractivity contribution in [1.29, 1.82) is 0 Å². The van der Waals surface area contributed by atoms with Crippen molar-refractivity contribution in [2.75, 3.05) is 26.8 Å². The van der Waals surface area contributed by atoms with Crippen molar-refractivity contribution in [1.82, 2.24) is 5.32 Å². The minimum atomic E-state index is 0.325. The lowest BCUT2D eigenvalue weighted by molar-refractivity contribution is 0.104.